The van der Waals surface area contributed by atoms with Crippen LogP contribution in [0.25, 0.3) is 0 Å². The zero-order valence-electron chi connectivity index (χ0n) is 23.9. The third kappa shape index (κ3) is 14.7. The Labute approximate surface area is 240 Å². The van der Waals surface area contributed by atoms with Crippen LogP contribution in [0.4, 0.5) is 0 Å². The topological polar surface area (TPSA) is 75.6 Å². The fraction of sp³-hybridized carbons (Fsp3) is 0.455. The maximum atomic E-state index is 12.9. The molecule has 0 aliphatic rings. The summed E-state index contributed by atoms with van der Waals surface area (Å²) in [7, 11) is 0. The van der Waals surface area contributed by atoms with Crippen LogP contribution in [-0.2, 0) is 9.53 Å². The van der Waals surface area contributed by atoms with E-state index >= 15 is 0 Å². The van der Waals surface area contributed by atoms with Crippen molar-refractivity contribution in [1.82, 2.24) is 5.32 Å². The van der Waals surface area contributed by atoms with Gasteiger partial charge in [0.1, 0.15) is 17.1 Å². The summed E-state index contributed by atoms with van der Waals surface area (Å²) in [5, 5.41) is 12.5. The highest BCUT2D eigenvalue weighted by Gasteiger charge is 2.36. The summed E-state index contributed by atoms with van der Waals surface area (Å²) in [5.41, 5.74) is 0.200. The lowest BCUT2D eigenvalue weighted by molar-refractivity contribution is -0.146. The maximum absolute atomic E-state index is 12.9. The SMILES string of the molecule is CC/C=C\C/C=C\C/C=C\C/C=C\C/C=C\CCSC(CC)(CC)C(=O)OCCNC(=O)c1ccccc1O. The summed E-state index contributed by atoms with van der Waals surface area (Å²) < 4.78 is 4.93. The number of amides is 1. The average molecular weight is 554 g/mol. The van der Waals surface area contributed by atoms with Crippen molar-refractivity contribution in [1.29, 1.82) is 0 Å². The fourth-order valence-corrected chi connectivity index (χ4v) is 4.92. The number of nitrogens with one attached hydrogen (secondary N) is 1. The van der Waals surface area contributed by atoms with Gasteiger partial charge in [-0.2, -0.15) is 0 Å². The average Bonchev–Trinajstić information content (AvgIpc) is 2.95. The first-order valence-electron chi connectivity index (χ1n) is 14.1. The van der Waals surface area contributed by atoms with Crippen LogP contribution in [0.3, 0.4) is 0 Å². The third-order valence-corrected chi connectivity index (χ3v) is 7.84. The van der Waals surface area contributed by atoms with Gasteiger partial charge in [0.2, 0.25) is 0 Å². The van der Waals surface area contributed by atoms with Crippen molar-refractivity contribution < 1.29 is 19.4 Å². The lowest BCUT2D eigenvalue weighted by atomic mass is 10.0. The molecule has 0 fully saturated rings. The van der Waals surface area contributed by atoms with E-state index in [1.807, 2.05) is 13.8 Å². The van der Waals surface area contributed by atoms with Gasteiger partial charge in [-0.25, -0.2) is 0 Å². The number of hydrogen-bond acceptors (Lipinski definition) is 5. The van der Waals surface area contributed by atoms with Crippen LogP contribution < -0.4 is 5.32 Å². The molecule has 39 heavy (non-hydrogen) atoms. The Morgan fingerprint density at radius 1 is 0.846 bits per heavy atom. The second-order valence-corrected chi connectivity index (χ2v) is 10.4. The van der Waals surface area contributed by atoms with Crippen molar-refractivity contribution in [2.45, 2.75) is 76.9 Å². The van der Waals surface area contributed by atoms with Crippen LogP contribution >= 0.6 is 11.8 Å². The summed E-state index contributed by atoms with van der Waals surface area (Å²) in [6.45, 7) is 6.44. The van der Waals surface area contributed by atoms with E-state index in [1.165, 1.54) is 6.07 Å². The van der Waals surface area contributed by atoms with E-state index < -0.39 is 10.7 Å². The molecule has 2 N–H and O–H groups in total. The van der Waals surface area contributed by atoms with Crippen LogP contribution in [0.1, 0.15) is 82.5 Å². The molecule has 1 aromatic carbocycles. The molecule has 6 heteroatoms. The molecule has 1 amide bonds. The Morgan fingerprint density at radius 2 is 1.38 bits per heavy atom. The lowest BCUT2D eigenvalue weighted by Crippen LogP contribution is -2.38. The zero-order chi connectivity index (χ0) is 28.6. The monoisotopic (exact) mass is 553 g/mol. The molecule has 1 aromatic rings. The van der Waals surface area contributed by atoms with Gasteiger partial charge in [0.15, 0.2) is 0 Å². The van der Waals surface area contributed by atoms with Crippen LogP contribution in [0, 0.1) is 0 Å². The molecule has 0 radical (unpaired) electrons. The van der Waals surface area contributed by atoms with Gasteiger partial charge < -0.3 is 15.2 Å². The number of benzene rings is 1. The third-order valence-electron chi connectivity index (χ3n) is 6.10. The van der Waals surface area contributed by atoms with E-state index in [1.54, 1.807) is 30.0 Å². The fourth-order valence-electron chi connectivity index (χ4n) is 3.69. The number of rotatable bonds is 20. The number of phenols is 1. The number of carbonyl (C=O) groups is 2. The van der Waals surface area contributed by atoms with Crippen LogP contribution in [0.5, 0.6) is 5.75 Å². The number of carbonyl (C=O) groups excluding carboxylic acids is 2. The van der Waals surface area contributed by atoms with E-state index in [-0.39, 0.29) is 30.4 Å². The Bertz CT molecular complexity index is 974. The Morgan fingerprint density at radius 3 is 1.92 bits per heavy atom. The van der Waals surface area contributed by atoms with Gasteiger partial charge >= 0.3 is 5.97 Å². The maximum Gasteiger partial charge on any atom is 0.322 e. The summed E-state index contributed by atoms with van der Waals surface area (Å²) in [4.78, 5) is 25.0. The predicted molar refractivity (Wildman–Crippen MR) is 166 cm³/mol. The smallest absolute Gasteiger partial charge is 0.322 e. The van der Waals surface area contributed by atoms with Crippen molar-refractivity contribution in [2.75, 3.05) is 18.9 Å². The van der Waals surface area contributed by atoms with E-state index in [9.17, 15) is 14.7 Å². The highest BCUT2D eigenvalue weighted by Crippen LogP contribution is 2.34. The number of phenolic OH excluding ortho intramolecular Hbond substituents is 1. The molecule has 0 aromatic heterocycles. The molecule has 0 aliphatic heterocycles. The standard InChI is InChI=1S/C33H47NO4S/c1-4-7-8-9-10-11-12-13-14-15-16-17-18-19-20-23-28-39-33(5-2,6-3)32(37)38-27-26-34-31(36)29-24-21-22-25-30(29)35/h7-8,10-11,13-14,16-17,19-22,24-25,35H,4-6,9,12,15,18,23,26-28H2,1-3H3,(H,34,36)/b8-7-,11-10-,14-13-,17-16-,20-19-. The minimum atomic E-state index is -0.580. The quantitative estimate of drug-likeness (QED) is 0.0969. The first-order valence-corrected chi connectivity index (χ1v) is 15.1. The second kappa shape index (κ2) is 21.9. The number of ether oxygens (including phenoxy) is 1. The lowest BCUT2D eigenvalue weighted by Gasteiger charge is -2.28. The highest BCUT2D eigenvalue weighted by atomic mass is 32.2. The first-order chi connectivity index (χ1) is 19.0. The molecule has 0 bridgehead atoms. The van der Waals surface area contributed by atoms with Crippen molar-refractivity contribution >= 4 is 23.6 Å². The van der Waals surface area contributed by atoms with E-state index in [2.05, 4.69) is 73.0 Å². The van der Waals surface area contributed by atoms with Gasteiger partial charge in [-0.3, -0.25) is 9.59 Å². The van der Waals surface area contributed by atoms with Crippen molar-refractivity contribution in [3.8, 4) is 5.75 Å². The highest BCUT2D eigenvalue weighted by molar-refractivity contribution is 8.01. The number of thioether (sulfide) groups is 1. The Kier molecular flexibility index (Phi) is 19.1. The van der Waals surface area contributed by atoms with Crippen molar-refractivity contribution in [3.63, 3.8) is 0 Å². The number of allylic oxidation sites excluding steroid dienone is 10. The predicted octanol–water partition coefficient (Wildman–Crippen LogP) is 8.10. The molecule has 5 nitrogen and oxygen atoms in total. The number of para-hydroxylation sites is 1. The Balaban J connectivity index is 2.26. The van der Waals surface area contributed by atoms with Gasteiger partial charge in [0, 0.05) is 0 Å². The van der Waals surface area contributed by atoms with Gasteiger partial charge in [0.25, 0.3) is 5.91 Å². The van der Waals surface area contributed by atoms with E-state index in [0.717, 1.165) is 44.3 Å². The van der Waals surface area contributed by atoms with Crippen molar-refractivity contribution in [2.24, 2.45) is 0 Å². The molecule has 0 aliphatic carbocycles. The normalized spacial score (nSPS) is 12.5. The molecule has 0 saturated heterocycles. The molecular weight excluding hydrogens is 506 g/mol. The van der Waals surface area contributed by atoms with E-state index in [0.29, 0.717) is 12.8 Å². The Hall–Kier alpha value is -2.99. The summed E-state index contributed by atoms with van der Waals surface area (Å²) in [6.07, 6.45) is 29.1. The molecule has 0 saturated carbocycles. The number of aromatic hydroxyl groups is 1. The number of hydrogen-bond donors (Lipinski definition) is 2. The summed E-state index contributed by atoms with van der Waals surface area (Å²) in [6, 6.07) is 6.34. The minimum absolute atomic E-state index is 0.0770. The van der Waals surface area contributed by atoms with Crippen LogP contribution in [0.15, 0.2) is 85.0 Å². The number of esters is 1. The van der Waals surface area contributed by atoms with Gasteiger partial charge in [-0.05, 0) is 69.3 Å². The molecule has 1 rings (SSSR count). The van der Waals surface area contributed by atoms with Gasteiger partial charge in [-0.1, -0.05) is 93.7 Å². The molecule has 0 heterocycles. The minimum Gasteiger partial charge on any atom is -0.507 e. The molecule has 0 atom stereocenters. The zero-order valence-corrected chi connectivity index (χ0v) is 24.8. The molecule has 0 unspecified atom stereocenters. The summed E-state index contributed by atoms with van der Waals surface area (Å²) in [5.74, 6) is 0.128. The van der Waals surface area contributed by atoms with E-state index in [4.69, 9.17) is 4.74 Å². The first kappa shape index (κ1) is 34.0. The van der Waals surface area contributed by atoms with Gasteiger partial charge in [0.05, 0.1) is 12.1 Å². The second-order valence-electron chi connectivity index (χ2n) is 8.96. The largest absolute Gasteiger partial charge is 0.507 e. The van der Waals surface area contributed by atoms with Gasteiger partial charge in [-0.15, -0.1) is 11.8 Å². The molecule has 0 spiro atoms. The van der Waals surface area contributed by atoms with Crippen molar-refractivity contribution in [3.05, 3.63) is 90.6 Å². The summed E-state index contributed by atoms with van der Waals surface area (Å²) >= 11 is 1.64. The van der Waals surface area contributed by atoms with Crippen LogP contribution in [-0.4, -0.2) is 40.6 Å². The molecule has 214 valence electrons. The molecular formula is C33H47NO4S. The van der Waals surface area contributed by atoms with Crippen LogP contribution in [0.2, 0.25) is 0 Å².